The number of carbonyl (C=O) groups excluding carboxylic acids is 1. The zero-order chi connectivity index (χ0) is 15.8. The molecule has 23 heavy (non-hydrogen) atoms. The van der Waals surface area contributed by atoms with Crippen molar-refractivity contribution in [3.05, 3.63) is 24.3 Å². The van der Waals surface area contributed by atoms with Gasteiger partial charge in [-0.25, -0.2) is 0 Å². The van der Waals surface area contributed by atoms with Gasteiger partial charge in [-0.05, 0) is 25.0 Å². The van der Waals surface area contributed by atoms with Crippen molar-refractivity contribution in [2.24, 2.45) is 0 Å². The molecule has 3 aliphatic rings. The lowest BCUT2D eigenvalue weighted by atomic mass is 9.98. The predicted molar refractivity (Wildman–Crippen MR) is 83.5 cm³/mol. The van der Waals surface area contributed by atoms with Gasteiger partial charge < -0.3 is 19.5 Å². The van der Waals surface area contributed by atoms with Gasteiger partial charge in [-0.1, -0.05) is 12.1 Å². The summed E-state index contributed by atoms with van der Waals surface area (Å²) in [6.07, 6.45) is 1.21. The molecule has 1 aromatic carbocycles. The van der Waals surface area contributed by atoms with Gasteiger partial charge in [0.25, 0.3) is 5.91 Å². The van der Waals surface area contributed by atoms with E-state index < -0.39 is 6.10 Å². The standard InChI is InChI=1S/C17H22N2O4/c20-13-9-19(10-13)12-5-7-18(8-6-12)17(21)16-11-22-14-3-1-2-4-15(14)23-16/h1-4,12-13,16,20H,5-11H2. The molecule has 6 nitrogen and oxygen atoms in total. The van der Waals surface area contributed by atoms with E-state index in [9.17, 15) is 9.90 Å². The third kappa shape index (κ3) is 2.88. The largest absolute Gasteiger partial charge is 0.485 e. The Kier molecular flexibility index (Phi) is 3.87. The molecule has 0 bridgehead atoms. The molecule has 3 aliphatic heterocycles. The summed E-state index contributed by atoms with van der Waals surface area (Å²) in [5.74, 6) is 1.36. The van der Waals surface area contributed by atoms with Gasteiger partial charge in [-0.2, -0.15) is 0 Å². The van der Waals surface area contributed by atoms with Gasteiger partial charge in [-0.15, -0.1) is 0 Å². The Labute approximate surface area is 135 Å². The van der Waals surface area contributed by atoms with E-state index in [2.05, 4.69) is 4.90 Å². The number of aliphatic hydroxyl groups is 1. The Morgan fingerprint density at radius 1 is 1.13 bits per heavy atom. The lowest BCUT2D eigenvalue weighted by Gasteiger charge is -2.45. The van der Waals surface area contributed by atoms with Crippen LogP contribution in [0.3, 0.4) is 0 Å². The maximum atomic E-state index is 12.6. The zero-order valence-corrected chi connectivity index (χ0v) is 13.1. The van der Waals surface area contributed by atoms with Crippen LogP contribution in [-0.4, -0.2) is 71.8 Å². The van der Waals surface area contributed by atoms with Crippen LogP contribution in [0.15, 0.2) is 24.3 Å². The van der Waals surface area contributed by atoms with E-state index in [0.717, 1.165) is 39.0 Å². The number of aliphatic hydroxyl groups excluding tert-OH is 1. The topological polar surface area (TPSA) is 62.2 Å². The summed E-state index contributed by atoms with van der Waals surface area (Å²) in [6, 6.07) is 7.94. The molecule has 0 saturated carbocycles. The highest BCUT2D eigenvalue weighted by Gasteiger charge is 2.36. The molecule has 1 unspecified atom stereocenters. The molecule has 1 aromatic rings. The summed E-state index contributed by atoms with van der Waals surface area (Å²) in [6.45, 7) is 3.31. The molecule has 6 heteroatoms. The fraction of sp³-hybridized carbons (Fsp3) is 0.588. The number of likely N-dealkylation sites (tertiary alicyclic amines) is 2. The third-order valence-electron chi connectivity index (χ3n) is 4.97. The Hall–Kier alpha value is -1.79. The summed E-state index contributed by atoms with van der Waals surface area (Å²) < 4.78 is 11.4. The molecule has 1 amide bonds. The molecule has 0 radical (unpaired) electrons. The van der Waals surface area contributed by atoms with Gasteiger partial charge >= 0.3 is 0 Å². The first kappa shape index (κ1) is 14.8. The van der Waals surface area contributed by atoms with Gasteiger partial charge in [-0.3, -0.25) is 9.69 Å². The number of fused-ring (bicyclic) bond motifs is 1. The number of benzene rings is 1. The molecule has 124 valence electrons. The van der Waals surface area contributed by atoms with Crippen molar-refractivity contribution in [3.8, 4) is 11.5 Å². The summed E-state index contributed by atoms with van der Waals surface area (Å²) in [5.41, 5.74) is 0. The Morgan fingerprint density at radius 2 is 1.83 bits per heavy atom. The van der Waals surface area contributed by atoms with E-state index in [1.54, 1.807) is 0 Å². The highest BCUT2D eigenvalue weighted by atomic mass is 16.6. The number of rotatable bonds is 2. The molecule has 3 heterocycles. The van der Waals surface area contributed by atoms with Crippen molar-refractivity contribution in [2.45, 2.75) is 31.1 Å². The van der Waals surface area contributed by atoms with E-state index in [0.29, 0.717) is 17.5 Å². The number of hydrogen-bond donors (Lipinski definition) is 1. The molecular formula is C17H22N2O4. The fourth-order valence-electron chi connectivity index (χ4n) is 3.58. The first-order chi connectivity index (χ1) is 11.2. The van der Waals surface area contributed by atoms with E-state index in [1.165, 1.54) is 0 Å². The van der Waals surface area contributed by atoms with Crippen molar-refractivity contribution in [3.63, 3.8) is 0 Å². The van der Waals surface area contributed by atoms with Crippen LogP contribution in [0.2, 0.25) is 0 Å². The molecule has 2 fully saturated rings. The number of hydrogen-bond acceptors (Lipinski definition) is 5. The normalized spacial score (nSPS) is 26.0. The smallest absolute Gasteiger partial charge is 0.267 e. The van der Waals surface area contributed by atoms with Crippen LogP contribution in [0.25, 0.3) is 0 Å². The van der Waals surface area contributed by atoms with Crippen LogP contribution in [0.1, 0.15) is 12.8 Å². The van der Waals surface area contributed by atoms with Crippen molar-refractivity contribution in [1.82, 2.24) is 9.80 Å². The molecular weight excluding hydrogens is 296 g/mol. The number of para-hydroxylation sites is 2. The first-order valence-corrected chi connectivity index (χ1v) is 8.30. The molecule has 1 atom stereocenters. The van der Waals surface area contributed by atoms with E-state index >= 15 is 0 Å². The van der Waals surface area contributed by atoms with Crippen molar-refractivity contribution < 1.29 is 19.4 Å². The van der Waals surface area contributed by atoms with Crippen molar-refractivity contribution in [2.75, 3.05) is 32.8 Å². The highest BCUT2D eigenvalue weighted by molar-refractivity contribution is 5.82. The highest BCUT2D eigenvalue weighted by Crippen LogP contribution is 2.31. The quantitative estimate of drug-likeness (QED) is 0.860. The lowest BCUT2D eigenvalue weighted by molar-refractivity contribution is -0.143. The average molecular weight is 318 g/mol. The van der Waals surface area contributed by atoms with Gasteiger partial charge in [0.1, 0.15) is 6.61 Å². The van der Waals surface area contributed by atoms with Crippen LogP contribution in [0.5, 0.6) is 11.5 Å². The maximum Gasteiger partial charge on any atom is 0.267 e. The first-order valence-electron chi connectivity index (χ1n) is 8.30. The fourth-order valence-corrected chi connectivity index (χ4v) is 3.58. The van der Waals surface area contributed by atoms with Crippen LogP contribution in [0.4, 0.5) is 0 Å². The van der Waals surface area contributed by atoms with Crippen LogP contribution < -0.4 is 9.47 Å². The minimum absolute atomic E-state index is 0.0154. The number of nitrogens with zero attached hydrogens (tertiary/aromatic N) is 2. The minimum Gasteiger partial charge on any atom is -0.485 e. The lowest BCUT2D eigenvalue weighted by Crippen LogP contribution is -2.59. The van der Waals surface area contributed by atoms with Crippen LogP contribution >= 0.6 is 0 Å². The van der Waals surface area contributed by atoms with Gasteiger partial charge in [0.05, 0.1) is 6.10 Å². The average Bonchev–Trinajstić information content (AvgIpc) is 2.58. The second-order valence-electron chi connectivity index (χ2n) is 6.53. The van der Waals surface area contributed by atoms with Gasteiger partial charge in [0, 0.05) is 32.2 Å². The summed E-state index contributed by atoms with van der Waals surface area (Å²) >= 11 is 0. The predicted octanol–water partition coefficient (Wildman–Crippen LogP) is 0.494. The Morgan fingerprint density at radius 3 is 2.52 bits per heavy atom. The molecule has 1 N–H and O–H groups in total. The third-order valence-corrected chi connectivity index (χ3v) is 4.97. The van der Waals surface area contributed by atoms with Crippen LogP contribution in [0, 0.1) is 0 Å². The minimum atomic E-state index is -0.549. The zero-order valence-electron chi connectivity index (χ0n) is 13.1. The van der Waals surface area contributed by atoms with Gasteiger partial charge in [0.2, 0.25) is 6.10 Å². The van der Waals surface area contributed by atoms with E-state index in [1.807, 2.05) is 29.2 Å². The molecule has 2 saturated heterocycles. The SMILES string of the molecule is O=C(C1COc2ccccc2O1)N1CCC(N2CC(O)C2)CC1. The molecule has 0 aliphatic carbocycles. The van der Waals surface area contributed by atoms with Crippen LogP contribution in [-0.2, 0) is 4.79 Å². The monoisotopic (exact) mass is 318 g/mol. The summed E-state index contributed by atoms with van der Waals surface area (Å²) in [7, 11) is 0. The number of carbonyl (C=O) groups is 1. The number of piperidine rings is 1. The molecule has 0 spiro atoms. The second-order valence-corrected chi connectivity index (χ2v) is 6.53. The van der Waals surface area contributed by atoms with E-state index in [4.69, 9.17) is 9.47 Å². The van der Waals surface area contributed by atoms with Crippen molar-refractivity contribution in [1.29, 1.82) is 0 Å². The van der Waals surface area contributed by atoms with Crippen molar-refractivity contribution >= 4 is 5.91 Å². The second kappa shape index (κ2) is 6.02. The Balaban J connectivity index is 1.32. The van der Waals surface area contributed by atoms with Gasteiger partial charge in [0.15, 0.2) is 11.5 Å². The molecule has 0 aromatic heterocycles. The maximum absolute atomic E-state index is 12.6. The summed E-state index contributed by atoms with van der Waals surface area (Å²) in [5, 5.41) is 9.40. The van der Waals surface area contributed by atoms with E-state index in [-0.39, 0.29) is 18.6 Å². The number of β-amino-alcohol motifs (C(OH)–C–C–N with tert-alkyl or cyclic N) is 1. The molecule has 4 rings (SSSR count). The summed E-state index contributed by atoms with van der Waals surface area (Å²) in [4.78, 5) is 16.8. The number of amides is 1. The Bertz CT molecular complexity index is 580. The number of ether oxygens (including phenoxy) is 2.